The molecule has 0 aromatic carbocycles. The van der Waals surface area contributed by atoms with E-state index in [0.29, 0.717) is 11.1 Å². The molecule has 0 amide bonds. The minimum atomic E-state index is 0.268. The second-order valence-electron chi connectivity index (χ2n) is 3.07. The maximum atomic E-state index is 5.02. The average molecular weight is 328 g/mol. The van der Waals surface area contributed by atoms with E-state index in [1.807, 2.05) is 12.1 Å². The largest absolute Gasteiger partial charge is 0.467 e. The number of pyridine rings is 1. The van der Waals surface area contributed by atoms with Crippen LogP contribution in [0.2, 0.25) is 0 Å². The van der Waals surface area contributed by atoms with Gasteiger partial charge >= 0.3 is 6.01 Å². The van der Waals surface area contributed by atoms with Crippen LogP contribution >= 0.6 is 27.7 Å². The topological polar surface area (TPSA) is 72.8 Å². The van der Waals surface area contributed by atoms with Gasteiger partial charge in [0.25, 0.3) is 0 Å². The number of halogens is 1. The summed E-state index contributed by atoms with van der Waals surface area (Å²) in [5, 5.41) is 4.16. The minimum absolute atomic E-state index is 0.268. The van der Waals surface area contributed by atoms with Gasteiger partial charge < -0.3 is 10.1 Å². The Balaban J connectivity index is 2.31. The monoisotopic (exact) mass is 327 g/mol. The summed E-state index contributed by atoms with van der Waals surface area (Å²) in [5.74, 6) is 0.455. The van der Waals surface area contributed by atoms with Crippen molar-refractivity contribution in [3.8, 4) is 6.01 Å². The highest BCUT2D eigenvalue weighted by atomic mass is 79.9. The summed E-state index contributed by atoms with van der Waals surface area (Å²) >= 11 is 4.76. The van der Waals surface area contributed by atoms with Crippen molar-refractivity contribution in [1.82, 2.24) is 19.9 Å². The van der Waals surface area contributed by atoms with E-state index in [2.05, 4.69) is 41.2 Å². The van der Waals surface area contributed by atoms with Crippen LogP contribution < -0.4 is 10.1 Å². The van der Waals surface area contributed by atoms with E-state index in [0.717, 1.165) is 9.50 Å². The molecule has 2 aromatic rings. The molecule has 0 fully saturated rings. The van der Waals surface area contributed by atoms with Crippen LogP contribution in [0, 0.1) is 0 Å². The summed E-state index contributed by atoms with van der Waals surface area (Å²) in [6.45, 7) is 0. The Bertz CT molecular complexity index is 531. The van der Waals surface area contributed by atoms with E-state index in [-0.39, 0.29) is 6.01 Å². The van der Waals surface area contributed by atoms with E-state index < -0.39 is 0 Å². The Morgan fingerprint density at radius 2 is 2.17 bits per heavy atom. The second-order valence-corrected chi connectivity index (χ2v) is 4.88. The SMILES string of the molecule is CNc1nc(OC)nc(Sc2ncccc2Br)n1. The fraction of sp³-hybridized carbons (Fsp3) is 0.200. The van der Waals surface area contributed by atoms with Crippen molar-refractivity contribution >= 4 is 33.6 Å². The first kappa shape index (κ1) is 13.0. The highest BCUT2D eigenvalue weighted by Crippen LogP contribution is 2.30. The summed E-state index contributed by atoms with van der Waals surface area (Å²) in [6.07, 6.45) is 1.71. The molecule has 2 rings (SSSR count). The van der Waals surface area contributed by atoms with Crippen LogP contribution in [-0.2, 0) is 0 Å². The van der Waals surface area contributed by atoms with Crippen LogP contribution in [0.15, 0.2) is 33.0 Å². The number of nitrogens with one attached hydrogen (secondary N) is 1. The molecule has 0 radical (unpaired) electrons. The van der Waals surface area contributed by atoms with Crippen molar-refractivity contribution in [3.05, 3.63) is 22.8 Å². The standard InChI is InChI=1S/C10H10BrN5OS/c1-12-8-14-9(17-2)16-10(15-8)18-7-6(11)4-3-5-13-7/h3-5H,1-2H3,(H,12,14,15,16). The number of hydrogen-bond acceptors (Lipinski definition) is 7. The van der Waals surface area contributed by atoms with E-state index in [4.69, 9.17) is 4.74 Å². The van der Waals surface area contributed by atoms with Gasteiger partial charge in [-0.05, 0) is 39.8 Å². The molecule has 0 aliphatic carbocycles. The van der Waals surface area contributed by atoms with Crippen LogP contribution in [0.25, 0.3) is 0 Å². The summed E-state index contributed by atoms with van der Waals surface area (Å²) in [5.41, 5.74) is 0. The lowest BCUT2D eigenvalue weighted by Crippen LogP contribution is -2.02. The third-order valence-corrected chi connectivity index (χ3v) is 3.70. The molecule has 2 heterocycles. The first-order valence-corrected chi connectivity index (χ1v) is 6.60. The lowest BCUT2D eigenvalue weighted by Gasteiger charge is -2.05. The Kier molecular flexibility index (Phi) is 4.32. The van der Waals surface area contributed by atoms with E-state index in [9.17, 15) is 0 Å². The van der Waals surface area contributed by atoms with Crippen molar-refractivity contribution in [1.29, 1.82) is 0 Å². The Morgan fingerprint density at radius 3 is 2.83 bits per heavy atom. The van der Waals surface area contributed by atoms with Crippen molar-refractivity contribution in [2.75, 3.05) is 19.5 Å². The van der Waals surface area contributed by atoms with Crippen LogP contribution in [0.1, 0.15) is 0 Å². The van der Waals surface area contributed by atoms with Gasteiger partial charge in [-0.1, -0.05) is 0 Å². The molecular weight excluding hydrogens is 318 g/mol. The van der Waals surface area contributed by atoms with E-state index >= 15 is 0 Å². The maximum Gasteiger partial charge on any atom is 0.321 e. The van der Waals surface area contributed by atoms with Crippen LogP contribution in [0.5, 0.6) is 6.01 Å². The Hall–Kier alpha value is -1.41. The molecule has 94 valence electrons. The molecule has 0 aliphatic rings. The molecule has 0 spiro atoms. The summed E-state index contributed by atoms with van der Waals surface area (Å²) < 4.78 is 5.91. The number of ether oxygens (including phenoxy) is 1. The number of methoxy groups -OCH3 is 1. The lowest BCUT2D eigenvalue weighted by molar-refractivity contribution is 0.374. The predicted molar refractivity (Wildman–Crippen MR) is 72.0 cm³/mol. The summed E-state index contributed by atoms with van der Waals surface area (Å²) in [4.78, 5) is 16.7. The molecule has 0 saturated heterocycles. The molecule has 8 heteroatoms. The van der Waals surface area contributed by atoms with Gasteiger partial charge in [0.2, 0.25) is 11.1 Å². The number of rotatable bonds is 4. The second kappa shape index (κ2) is 5.96. The van der Waals surface area contributed by atoms with Crippen molar-refractivity contribution in [2.24, 2.45) is 0 Å². The predicted octanol–water partition coefficient (Wildman–Crippen LogP) is 2.23. The van der Waals surface area contributed by atoms with Crippen molar-refractivity contribution < 1.29 is 4.74 Å². The number of aromatic nitrogens is 4. The van der Waals surface area contributed by atoms with Gasteiger partial charge in [0.05, 0.1) is 11.6 Å². The fourth-order valence-electron chi connectivity index (χ4n) is 1.12. The first-order valence-electron chi connectivity index (χ1n) is 4.99. The van der Waals surface area contributed by atoms with Gasteiger partial charge in [0, 0.05) is 13.2 Å². The minimum Gasteiger partial charge on any atom is -0.467 e. The Morgan fingerprint density at radius 1 is 1.33 bits per heavy atom. The van der Waals surface area contributed by atoms with Gasteiger partial charge in [-0.2, -0.15) is 15.0 Å². The normalized spacial score (nSPS) is 10.2. The molecule has 0 aliphatic heterocycles. The van der Waals surface area contributed by atoms with Crippen LogP contribution in [0.3, 0.4) is 0 Å². The third kappa shape index (κ3) is 3.08. The fourth-order valence-corrected chi connectivity index (χ4v) is 2.33. The average Bonchev–Trinajstić information content (AvgIpc) is 2.41. The number of nitrogens with zero attached hydrogens (tertiary/aromatic N) is 4. The summed E-state index contributed by atoms with van der Waals surface area (Å²) in [6, 6.07) is 4.03. The zero-order chi connectivity index (χ0) is 13.0. The van der Waals surface area contributed by atoms with Crippen LogP contribution in [0.4, 0.5) is 5.95 Å². The van der Waals surface area contributed by atoms with E-state index in [1.54, 1.807) is 13.2 Å². The zero-order valence-electron chi connectivity index (χ0n) is 9.72. The molecule has 0 atom stereocenters. The lowest BCUT2D eigenvalue weighted by atomic mass is 10.5. The quantitative estimate of drug-likeness (QED) is 0.922. The first-order chi connectivity index (χ1) is 8.72. The number of anilines is 1. The molecule has 6 nitrogen and oxygen atoms in total. The van der Waals surface area contributed by atoms with Gasteiger partial charge in [0.1, 0.15) is 5.03 Å². The van der Waals surface area contributed by atoms with Gasteiger partial charge in [0.15, 0.2) is 0 Å². The molecule has 1 N–H and O–H groups in total. The van der Waals surface area contributed by atoms with Gasteiger partial charge in [-0.25, -0.2) is 4.98 Å². The van der Waals surface area contributed by atoms with Crippen LogP contribution in [-0.4, -0.2) is 34.1 Å². The smallest absolute Gasteiger partial charge is 0.321 e. The van der Waals surface area contributed by atoms with E-state index in [1.165, 1.54) is 18.9 Å². The molecule has 0 bridgehead atoms. The molecule has 0 saturated carbocycles. The molecule has 18 heavy (non-hydrogen) atoms. The molecule has 2 aromatic heterocycles. The maximum absolute atomic E-state index is 5.02. The highest BCUT2D eigenvalue weighted by molar-refractivity contribution is 9.10. The van der Waals surface area contributed by atoms with Crippen molar-refractivity contribution in [3.63, 3.8) is 0 Å². The highest BCUT2D eigenvalue weighted by Gasteiger charge is 2.10. The third-order valence-electron chi connectivity index (χ3n) is 1.91. The molecule has 0 unspecified atom stereocenters. The summed E-state index contributed by atoms with van der Waals surface area (Å²) in [7, 11) is 3.25. The zero-order valence-corrected chi connectivity index (χ0v) is 12.1. The van der Waals surface area contributed by atoms with Gasteiger partial charge in [-0.3, -0.25) is 0 Å². The van der Waals surface area contributed by atoms with Gasteiger partial charge in [-0.15, -0.1) is 0 Å². The molecular formula is C10H10BrN5OS. The Labute approximate surface area is 117 Å². The number of hydrogen-bond donors (Lipinski definition) is 1. The van der Waals surface area contributed by atoms with Crippen molar-refractivity contribution in [2.45, 2.75) is 10.2 Å².